The molecule has 0 aliphatic heterocycles. The van der Waals surface area contributed by atoms with Gasteiger partial charge in [0.15, 0.2) is 0 Å². The van der Waals surface area contributed by atoms with Crippen molar-refractivity contribution in [2.24, 2.45) is 0 Å². The number of hydrogen-bond donors (Lipinski definition) is 2. The smallest absolute Gasteiger partial charge is 0.408 e. The van der Waals surface area contributed by atoms with E-state index in [4.69, 9.17) is 4.74 Å². The number of hydrogen-bond acceptors (Lipinski definition) is 6. The van der Waals surface area contributed by atoms with Crippen molar-refractivity contribution in [3.8, 4) is 0 Å². The Kier molecular flexibility index (Phi) is 6.22. The third-order valence-corrected chi connectivity index (χ3v) is 5.24. The summed E-state index contributed by atoms with van der Waals surface area (Å²) in [6.07, 6.45) is 3.90. The van der Waals surface area contributed by atoms with E-state index >= 15 is 0 Å². The quantitative estimate of drug-likeness (QED) is 0.446. The van der Waals surface area contributed by atoms with Crippen molar-refractivity contribution in [1.29, 1.82) is 0 Å². The molecule has 2 rings (SSSR count). The van der Waals surface area contributed by atoms with Crippen molar-refractivity contribution in [2.75, 3.05) is 0 Å². The van der Waals surface area contributed by atoms with E-state index in [0.29, 0.717) is 12.8 Å². The summed E-state index contributed by atoms with van der Waals surface area (Å²) >= 11 is 0. The molecule has 1 aliphatic carbocycles. The van der Waals surface area contributed by atoms with Gasteiger partial charge in [0.1, 0.15) is 5.60 Å². The van der Waals surface area contributed by atoms with Crippen molar-refractivity contribution in [2.45, 2.75) is 56.2 Å². The first-order valence-electron chi connectivity index (χ1n) is 8.41. The lowest BCUT2D eigenvalue weighted by atomic mass is 9.99. The molecule has 0 bridgehead atoms. The van der Waals surface area contributed by atoms with Gasteiger partial charge in [0.05, 0.1) is 15.9 Å². The Morgan fingerprint density at radius 2 is 1.70 bits per heavy atom. The third kappa shape index (κ3) is 6.33. The summed E-state index contributed by atoms with van der Waals surface area (Å²) in [7, 11) is -3.80. The van der Waals surface area contributed by atoms with Crippen molar-refractivity contribution in [1.82, 2.24) is 10.0 Å². The monoisotopic (exact) mass is 397 g/mol. The lowest BCUT2D eigenvalue weighted by Gasteiger charge is -2.26. The molecule has 2 atom stereocenters. The molecule has 1 aliphatic rings. The van der Waals surface area contributed by atoms with E-state index in [1.165, 1.54) is 12.1 Å². The third-order valence-electron chi connectivity index (χ3n) is 3.73. The molecule has 27 heavy (non-hydrogen) atoms. The zero-order valence-corrected chi connectivity index (χ0v) is 16.2. The highest BCUT2D eigenvalue weighted by Crippen LogP contribution is 2.19. The van der Waals surface area contributed by atoms with E-state index in [1.807, 2.05) is 0 Å². The highest BCUT2D eigenvalue weighted by atomic mass is 32.2. The molecular weight excluding hydrogens is 374 g/mol. The Balaban J connectivity index is 1.95. The molecule has 2 N–H and O–H groups in total. The Hall–Kier alpha value is -2.46. The number of ether oxygens (including phenoxy) is 1. The molecule has 0 fully saturated rings. The van der Waals surface area contributed by atoms with Gasteiger partial charge in [-0.3, -0.25) is 10.1 Å². The maximum atomic E-state index is 12.4. The van der Waals surface area contributed by atoms with Crippen molar-refractivity contribution < 1.29 is 22.9 Å². The molecule has 10 heteroatoms. The number of nitrogens with one attached hydrogen (secondary N) is 2. The second-order valence-corrected chi connectivity index (χ2v) is 8.91. The Morgan fingerprint density at radius 1 is 1.15 bits per heavy atom. The second-order valence-electron chi connectivity index (χ2n) is 7.19. The predicted octanol–water partition coefficient (Wildman–Crippen LogP) is 2.49. The fourth-order valence-electron chi connectivity index (χ4n) is 2.51. The molecule has 9 nitrogen and oxygen atoms in total. The molecule has 2 unspecified atom stereocenters. The van der Waals surface area contributed by atoms with Crippen LogP contribution in [0.1, 0.15) is 33.6 Å². The summed E-state index contributed by atoms with van der Waals surface area (Å²) in [5.41, 5.74) is -0.770. The first-order chi connectivity index (χ1) is 12.5. The Morgan fingerprint density at radius 3 is 2.19 bits per heavy atom. The molecule has 1 aromatic carbocycles. The summed E-state index contributed by atoms with van der Waals surface area (Å²) in [6.45, 7) is 5.31. The average molecular weight is 397 g/mol. The van der Waals surface area contributed by atoms with Crippen LogP contribution in [0.5, 0.6) is 0 Å². The van der Waals surface area contributed by atoms with E-state index in [1.54, 1.807) is 32.9 Å². The minimum absolute atomic E-state index is 0.0458. The van der Waals surface area contributed by atoms with E-state index in [2.05, 4.69) is 10.0 Å². The maximum Gasteiger partial charge on any atom is 0.408 e. The lowest BCUT2D eigenvalue weighted by Crippen LogP contribution is -2.42. The summed E-state index contributed by atoms with van der Waals surface area (Å²) < 4.78 is 32.5. The fourth-order valence-corrected chi connectivity index (χ4v) is 3.74. The van der Waals surface area contributed by atoms with Crippen LogP contribution in [0.25, 0.3) is 0 Å². The largest absolute Gasteiger partial charge is 0.444 e. The van der Waals surface area contributed by atoms with Crippen molar-refractivity contribution >= 4 is 21.8 Å². The number of carbonyl (C=O) groups is 1. The number of non-ortho nitro benzene ring substituents is 1. The molecule has 0 heterocycles. The lowest BCUT2D eigenvalue weighted by molar-refractivity contribution is -0.384. The molecule has 1 amide bonds. The van der Waals surface area contributed by atoms with Crippen LogP contribution in [-0.2, 0) is 14.8 Å². The number of carbonyl (C=O) groups excluding carboxylic acids is 1. The minimum Gasteiger partial charge on any atom is -0.444 e. The number of benzene rings is 1. The number of nitro groups is 1. The molecule has 0 saturated heterocycles. The summed E-state index contributed by atoms with van der Waals surface area (Å²) in [4.78, 5) is 21.8. The van der Waals surface area contributed by atoms with Gasteiger partial charge < -0.3 is 10.1 Å². The van der Waals surface area contributed by atoms with E-state index < -0.39 is 32.7 Å². The number of alkyl carbamates (subject to hydrolysis) is 1. The van der Waals surface area contributed by atoms with Gasteiger partial charge in [-0.15, -0.1) is 0 Å². The van der Waals surface area contributed by atoms with Crippen molar-refractivity contribution in [3.63, 3.8) is 0 Å². The van der Waals surface area contributed by atoms with Gasteiger partial charge in [0.2, 0.25) is 10.0 Å². The molecule has 148 valence electrons. The van der Waals surface area contributed by atoms with Crippen LogP contribution in [0.2, 0.25) is 0 Å². The van der Waals surface area contributed by atoms with Gasteiger partial charge in [-0.25, -0.2) is 17.9 Å². The zero-order valence-electron chi connectivity index (χ0n) is 15.3. The van der Waals surface area contributed by atoms with Crippen LogP contribution in [-0.4, -0.2) is 37.1 Å². The standard InChI is InChI=1S/C17H23N3O6S/c1-17(2,3)26-16(21)18-12-4-6-13(7-5-12)19-27(24,25)15-10-8-14(9-11-15)20(22)23/h4,6,8-13,19H,5,7H2,1-3H3,(H,18,21). The van der Waals surface area contributed by atoms with Gasteiger partial charge >= 0.3 is 6.09 Å². The number of sulfonamides is 1. The van der Waals surface area contributed by atoms with Gasteiger partial charge in [-0.05, 0) is 45.7 Å². The Labute approximate surface area is 158 Å². The first-order valence-corrected chi connectivity index (χ1v) is 9.89. The van der Waals surface area contributed by atoms with E-state index in [-0.39, 0.29) is 16.6 Å². The molecule has 0 spiro atoms. The van der Waals surface area contributed by atoms with Crippen LogP contribution in [0.15, 0.2) is 41.3 Å². The van der Waals surface area contributed by atoms with E-state index in [0.717, 1.165) is 12.1 Å². The fraction of sp³-hybridized carbons (Fsp3) is 0.471. The van der Waals surface area contributed by atoms with E-state index in [9.17, 15) is 23.3 Å². The summed E-state index contributed by atoms with van der Waals surface area (Å²) in [6, 6.07) is 4.01. The number of rotatable bonds is 5. The predicted molar refractivity (Wildman–Crippen MR) is 98.7 cm³/mol. The first kappa shape index (κ1) is 20.8. The number of amides is 1. The Bertz CT molecular complexity index is 827. The van der Waals surface area contributed by atoms with Gasteiger partial charge in [0.25, 0.3) is 5.69 Å². The molecule has 0 saturated carbocycles. The molecule has 0 aromatic heterocycles. The van der Waals surface area contributed by atoms with Gasteiger partial charge in [0, 0.05) is 18.2 Å². The maximum absolute atomic E-state index is 12.4. The highest BCUT2D eigenvalue weighted by Gasteiger charge is 2.24. The topological polar surface area (TPSA) is 128 Å². The highest BCUT2D eigenvalue weighted by molar-refractivity contribution is 7.89. The molecule has 0 radical (unpaired) electrons. The van der Waals surface area contributed by atoms with Crippen molar-refractivity contribution in [3.05, 3.63) is 46.5 Å². The molecule has 1 aromatic rings. The zero-order chi connectivity index (χ0) is 20.2. The summed E-state index contributed by atoms with van der Waals surface area (Å²) in [5, 5.41) is 13.4. The van der Waals surface area contributed by atoms with Crippen LogP contribution >= 0.6 is 0 Å². The minimum atomic E-state index is -3.80. The van der Waals surface area contributed by atoms with Crippen LogP contribution in [0, 0.1) is 10.1 Å². The van der Waals surface area contributed by atoms with Crippen LogP contribution < -0.4 is 10.0 Å². The molecular formula is C17H23N3O6S. The SMILES string of the molecule is CC(C)(C)OC(=O)NC1C=CC(NS(=O)(=O)c2ccc([N+](=O)[O-])cc2)CC1. The number of nitro benzene ring substituents is 1. The normalized spacial score (nSPS) is 20.1. The average Bonchev–Trinajstić information content (AvgIpc) is 2.55. The van der Waals surface area contributed by atoms with Crippen LogP contribution in [0.3, 0.4) is 0 Å². The second kappa shape index (κ2) is 8.05. The van der Waals surface area contributed by atoms with Gasteiger partial charge in [-0.2, -0.15) is 0 Å². The summed E-state index contributed by atoms with van der Waals surface area (Å²) in [5.74, 6) is 0. The van der Waals surface area contributed by atoms with Gasteiger partial charge in [-0.1, -0.05) is 12.2 Å². The number of nitrogens with zero attached hydrogens (tertiary/aromatic N) is 1. The van der Waals surface area contributed by atoms with Crippen LogP contribution in [0.4, 0.5) is 10.5 Å².